The van der Waals surface area contributed by atoms with Crippen molar-refractivity contribution in [2.45, 2.75) is 58.7 Å². The van der Waals surface area contributed by atoms with Gasteiger partial charge in [0.05, 0.1) is 29.5 Å². The molecule has 5 N–H and O–H groups in total. The number of aromatic nitrogens is 5. The number of carboxylic acids is 1. The maximum absolute atomic E-state index is 14.0. The van der Waals surface area contributed by atoms with Crippen LogP contribution >= 0.6 is 12.4 Å². The first-order valence-electron chi connectivity index (χ1n) is 13.9. The van der Waals surface area contributed by atoms with E-state index in [1.165, 1.54) is 0 Å². The van der Waals surface area contributed by atoms with Gasteiger partial charge in [-0.1, -0.05) is 12.1 Å². The molecule has 1 aliphatic rings. The first kappa shape index (κ1) is 33.0. The van der Waals surface area contributed by atoms with E-state index in [-0.39, 0.29) is 29.8 Å². The number of aromatic amines is 1. The van der Waals surface area contributed by atoms with Crippen LogP contribution in [0.5, 0.6) is 0 Å². The average molecular weight is 638 g/mol. The van der Waals surface area contributed by atoms with E-state index in [4.69, 9.17) is 10.5 Å². The standard InChI is InChI=1S/C23H23FN4O5.C8H9N3.ClH/c1-11-12-7-8-16(14(12)6-5-13(11)22(32)33-23(2,3)4)27-20(29)18-9-17(21(30)31)26-19-15(24)10-25-28(18)19;9-4-6-1-2-8-7(3-6)5-10-11-8;/h5-6,9-10,16H,7-8H2,1-4H3,(H,27,29)(H,30,31);1-3,5H,4,9H2,(H,10,11);1H/t16-;;/m0../s1. The summed E-state index contributed by atoms with van der Waals surface area (Å²) in [5.74, 6) is -3.23. The van der Waals surface area contributed by atoms with Crippen molar-refractivity contribution >= 4 is 46.8 Å². The second-order valence-electron chi connectivity index (χ2n) is 11.4. The summed E-state index contributed by atoms with van der Waals surface area (Å²) >= 11 is 0. The third-order valence-electron chi connectivity index (χ3n) is 7.24. The Morgan fingerprint density at radius 1 is 1.18 bits per heavy atom. The molecule has 0 radical (unpaired) electrons. The van der Waals surface area contributed by atoms with E-state index >= 15 is 0 Å². The molecule has 6 rings (SSSR count). The molecule has 3 aromatic heterocycles. The van der Waals surface area contributed by atoms with Crippen LogP contribution in [0.1, 0.15) is 86.8 Å². The zero-order valence-corrected chi connectivity index (χ0v) is 25.9. The molecule has 1 amide bonds. The third kappa shape index (κ3) is 6.94. The molecule has 0 saturated carbocycles. The Labute approximate surface area is 263 Å². The molecule has 0 saturated heterocycles. The zero-order chi connectivity index (χ0) is 31.8. The SMILES string of the molecule is Cc1c(C(=O)OC(C)(C)C)ccc2c1CC[C@@H]2NC(=O)c1cc(C(=O)O)nc2c(F)cnn12.Cl.NCc1ccc2[nH]ncc2c1. The highest BCUT2D eigenvalue weighted by atomic mass is 35.5. The lowest BCUT2D eigenvalue weighted by Gasteiger charge is -2.21. The number of hydrogen-bond acceptors (Lipinski definition) is 8. The molecule has 1 atom stereocenters. The Morgan fingerprint density at radius 3 is 2.62 bits per heavy atom. The Bertz CT molecular complexity index is 1910. The fourth-order valence-corrected chi connectivity index (χ4v) is 5.14. The average Bonchev–Trinajstić information content (AvgIpc) is 3.71. The molecular weight excluding hydrogens is 605 g/mol. The summed E-state index contributed by atoms with van der Waals surface area (Å²) in [6.45, 7) is 7.84. The number of carbonyl (C=O) groups is 3. The van der Waals surface area contributed by atoms with Gasteiger partial charge in [0.15, 0.2) is 17.2 Å². The van der Waals surface area contributed by atoms with Crippen molar-refractivity contribution in [2.75, 3.05) is 0 Å². The number of carbonyl (C=O) groups excluding carboxylic acids is 2. The molecule has 0 spiro atoms. The number of carboxylic acid groups (broad SMARTS) is 1. The lowest BCUT2D eigenvalue weighted by atomic mass is 9.97. The number of ether oxygens (including phenoxy) is 1. The molecule has 0 fully saturated rings. The number of hydrogen-bond donors (Lipinski definition) is 4. The Morgan fingerprint density at radius 2 is 1.93 bits per heavy atom. The Kier molecular flexibility index (Phi) is 9.54. The van der Waals surface area contributed by atoms with Gasteiger partial charge in [0.25, 0.3) is 5.91 Å². The molecule has 1 aliphatic carbocycles. The number of esters is 1. The number of halogens is 2. The molecule has 2 aromatic carbocycles. The molecule has 0 bridgehead atoms. The van der Waals surface area contributed by atoms with Gasteiger partial charge in [-0.05, 0) is 81.0 Å². The number of nitrogens with two attached hydrogens (primary N) is 1. The first-order chi connectivity index (χ1) is 20.9. The minimum atomic E-state index is -1.39. The fourth-order valence-electron chi connectivity index (χ4n) is 5.14. The van der Waals surface area contributed by atoms with Gasteiger partial charge >= 0.3 is 11.9 Å². The quantitative estimate of drug-likeness (QED) is 0.199. The van der Waals surface area contributed by atoms with Gasteiger partial charge < -0.3 is 20.9 Å². The van der Waals surface area contributed by atoms with Crippen LogP contribution in [0.4, 0.5) is 4.39 Å². The van der Waals surface area contributed by atoms with E-state index < -0.39 is 35.0 Å². The fraction of sp³-hybridized carbons (Fsp3) is 0.290. The van der Waals surface area contributed by atoms with Crippen LogP contribution in [0.2, 0.25) is 0 Å². The molecule has 0 unspecified atom stereocenters. The second-order valence-corrected chi connectivity index (χ2v) is 11.4. The predicted octanol–water partition coefficient (Wildman–Crippen LogP) is 4.69. The number of aromatic carboxylic acids is 1. The monoisotopic (exact) mass is 637 g/mol. The van der Waals surface area contributed by atoms with Crippen molar-refractivity contribution < 1.29 is 28.6 Å². The van der Waals surface area contributed by atoms with Gasteiger partial charge in [-0.25, -0.2) is 23.5 Å². The van der Waals surface area contributed by atoms with Crippen molar-refractivity contribution in [3.05, 3.63) is 93.8 Å². The van der Waals surface area contributed by atoms with Crippen LogP contribution in [0.15, 0.2) is 48.8 Å². The van der Waals surface area contributed by atoms with Crippen LogP contribution in [0.3, 0.4) is 0 Å². The van der Waals surface area contributed by atoms with Crippen molar-refractivity contribution in [3.63, 3.8) is 0 Å². The molecule has 14 heteroatoms. The van der Waals surface area contributed by atoms with E-state index in [0.29, 0.717) is 24.9 Å². The maximum Gasteiger partial charge on any atom is 0.354 e. The number of H-pyrrole nitrogens is 1. The van der Waals surface area contributed by atoms with Gasteiger partial charge in [-0.2, -0.15) is 10.2 Å². The molecule has 236 valence electrons. The topological polar surface area (TPSA) is 178 Å². The van der Waals surface area contributed by atoms with Gasteiger partial charge in [0, 0.05) is 18.0 Å². The largest absolute Gasteiger partial charge is 0.477 e. The van der Waals surface area contributed by atoms with Crippen molar-refractivity contribution in [1.29, 1.82) is 0 Å². The van der Waals surface area contributed by atoms with E-state index in [1.807, 2.05) is 25.1 Å². The van der Waals surface area contributed by atoms with Crippen LogP contribution in [0.25, 0.3) is 16.6 Å². The zero-order valence-electron chi connectivity index (χ0n) is 25.1. The first-order valence-corrected chi connectivity index (χ1v) is 13.9. The molecule has 12 nitrogen and oxygen atoms in total. The van der Waals surface area contributed by atoms with E-state index in [1.54, 1.807) is 39.1 Å². The van der Waals surface area contributed by atoms with E-state index in [2.05, 4.69) is 25.6 Å². The molecule has 5 aromatic rings. The smallest absolute Gasteiger partial charge is 0.354 e. The number of nitrogens with zero attached hydrogens (tertiary/aromatic N) is 4. The van der Waals surface area contributed by atoms with Gasteiger partial charge in [-0.3, -0.25) is 9.89 Å². The summed E-state index contributed by atoms with van der Waals surface area (Å²) in [4.78, 5) is 40.7. The van der Waals surface area contributed by atoms with E-state index in [9.17, 15) is 23.9 Å². The predicted molar refractivity (Wildman–Crippen MR) is 166 cm³/mol. The highest BCUT2D eigenvalue weighted by molar-refractivity contribution is 5.96. The molecule has 3 heterocycles. The number of nitrogens with one attached hydrogen (secondary N) is 2. The van der Waals surface area contributed by atoms with Crippen molar-refractivity contribution in [3.8, 4) is 0 Å². The lowest BCUT2D eigenvalue weighted by molar-refractivity contribution is 0.00682. The maximum atomic E-state index is 14.0. The minimum Gasteiger partial charge on any atom is -0.477 e. The number of benzene rings is 2. The summed E-state index contributed by atoms with van der Waals surface area (Å²) in [5, 5.41) is 23.9. The Balaban J connectivity index is 0.000000322. The summed E-state index contributed by atoms with van der Waals surface area (Å²) in [7, 11) is 0. The minimum absolute atomic E-state index is 0. The highest BCUT2D eigenvalue weighted by Gasteiger charge is 2.30. The van der Waals surface area contributed by atoms with Crippen LogP contribution in [-0.2, 0) is 17.7 Å². The van der Waals surface area contributed by atoms with Gasteiger partial charge in [-0.15, -0.1) is 12.4 Å². The third-order valence-corrected chi connectivity index (χ3v) is 7.24. The van der Waals surface area contributed by atoms with Gasteiger partial charge in [0.2, 0.25) is 0 Å². The van der Waals surface area contributed by atoms with E-state index in [0.717, 1.165) is 49.9 Å². The summed E-state index contributed by atoms with van der Waals surface area (Å²) < 4.78 is 20.4. The van der Waals surface area contributed by atoms with Crippen LogP contribution < -0.4 is 11.1 Å². The highest BCUT2D eigenvalue weighted by Crippen LogP contribution is 2.35. The van der Waals surface area contributed by atoms with Gasteiger partial charge in [0.1, 0.15) is 11.3 Å². The number of rotatable bonds is 5. The normalized spacial score (nSPS) is 13.9. The van der Waals surface area contributed by atoms with Crippen LogP contribution in [0, 0.1) is 12.7 Å². The van der Waals surface area contributed by atoms with Crippen molar-refractivity contribution in [1.82, 2.24) is 30.1 Å². The molecular formula is C31H33ClFN7O5. The molecule has 0 aliphatic heterocycles. The summed E-state index contributed by atoms with van der Waals surface area (Å²) in [5.41, 5.74) is 9.21. The van der Waals surface area contributed by atoms with Crippen LogP contribution in [-0.4, -0.2) is 53.3 Å². The second kappa shape index (κ2) is 13.0. The molecule has 45 heavy (non-hydrogen) atoms. The van der Waals surface area contributed by atoms with Crippen molar-refractivity contribution in [2.24, 2.45) is 5.73 Å². The summed E-state index contributed by atoms with van der Waals surface area (Å²) in [6, 6.07) is 10.2. The Hall–Kier alpha value is -4.88. The summed E-state index contributed by atoms with van der Waals surface area (Å²) in [6.07, 6.45) is 3.91. The lowest BCUT2D eigenvalue weighted by Crippen LogP contribution is -2.29. The number of fused-ring (bicyclic) bond motifs is 3. The number of amides is 1.